The van der Waals surface area contributed by atoms with Crippen molar-refractivity contribution in [1.82, 2.24) is 4.98 Å². The van der Waals surface area contributed by atoms with E-state index in [0.29, 0.717) is 23.7 Å². The van der Waals surface area contributed by atoms with Crippen molar-refractivity contribution in [3.63, 3.8) is 0 Å². The average molecular weight is 332 g/mol. The lowest BCUT2D eigenvalue weighted by Gasteiger charge is -2.23. The van der Waals surface area contributed by atoms with Crippen molar-refractivity contribution >= 4 is 0 Å². The molecule has 2 aromatic rings. The van der Waals surface area contributed by atoms with Crippen LogP contribution in [0.3, 0.4) is 0 Å². The Balaban J connectivity index is 2.17. The Bertz CT molecular complexity index is 734. The Kier molecular flexibility index (Phi) is 4.40. The molecule has 0 amide bonds. The molecule has 1 aromatic carbocycles. The van der Waals surface area contributed by atoms with E-state index in [2.05, 4.69) is 4.98 Å². The highest BCUT2D eigenvalue weighted by Gasteiger charge is 2.34. The number of benzene rings is 1. The molecule has 1 heterocycles. The standard InChI is InChI=1S/C19H22F2N2O/c1-19(2,24)15-9-16(14(10-22)11-3-4-11)23-18(17(15)21)12-5-7-13(20)8-6-12/h5-9,11,14,24H,3-4,10,22H2,1-2H3. The Hall–Kier alpha value is -1.85. The first kappa shape index (κ1) is 17.0. The minimum atomic E-state index is -1.35. The van der Waals surface area contributed by atoms with Gasteiger partial charge in [0.15, 0.2) is 5.82 Å². The number of hydrogen-bond donors (Lipinski definition) is 2. The summed E-state index contributed by atoms with van der Waals surface area (Å²) in [6.07, 6.45) is 2.18. The molecule has 5 heteroatoms. The van der Waals surface area contributed by atoms with Crippen molar-refractivity contribution in [2.24, 2.45) is 11.7 Å². The van der Waals surface area contributed by atoms with E-state index in [1.54, 1.807) is 6.07 Å². The van der Waals surface area contributed by atoms with Crippen LogP contribution in [0.25, 0.3) is 11.3 Å². The quantitative estimate of drug-likeness (QED) is 0.877. The number of pyridine rings is 1. The second-order valence-corrected chi connectivity index (χ2v) is 7.00. The SMILES string of the molecule is CC(C)(O)c1cc(C(CN)C2CC2)nc(-c2ccc(F)cc2)c1F. The average Bonchev–Trinajstić information content (AvgIpc) is 3.34. The molecule has 3 nitrogen and oxygen atoms in total. The maximum absolute atomic E-state index is 15.0. The van der Waals surface area contributed by atoms with Gasteiger partial charge in [-0.2, -0.15) is 0 Å². The number of halogens is 2. The van der Waals surface area contributed by atoms with Gasteiger partial charge < -0.3 is 10.8 Å². The summed E-state index contributed by atoms with van der Waals surface area (Å²) in [6.45, 7) is 3.51. The summed E-state index contributed by atoms with van der Waals surface area (Å²) in [5.74, 6) is -0.463. The van der Waals surface area contributed by atoms with Gasteiger partial charge >= 0.3 is 0 Å². The zero-order chi connectivity index (χ0) is 17.5. The zero-order valence-corrected chi connectivity index (χ0v) is 13.9. The van der Waals surface area contributed by atoms with E-state index in [4.69, 9.17) is 5.73 Å². The molecule has 0 saturated heterocycles. The van der Waals surface area contributed by atoms with Crippen molar-refractivity contribution in [3.05, 3.63) is 53.2 Å². The van der Waals surface area contributed by atoms with Crippen molar-refractivity contribution in [2.45, 2.75) is 38.2 Å². The number of nitrogens with two attached hydrogens (primary N) is 1. The van der Waals surface area contributed by atoms with Crippen LogP contribution in [0.4, 0.5) is 8.78 Å². The first-order valence-electron chi connectivity index (χ1n) is 8.20. The highest BCUT2D eigenvalue weighted by atomic mass is 19.1. The van der Waals surface area contributed by atoms with Gasteiger partial charge in [-0.3, -0.25) is 0 Å². The maximum Gasteiger partial charge on any atom is 0.155 e. The molecule has 3 N–H and O–H groups in total. The molecular formula is C19H22F2N2O. The van der Waals surface area contributed by atoms with Gasteiger partial charge in [0, 0.05) is 29.3 Å². The van der Waals surface area contributed by atoms with Gasteiger partial charge in [0.25, 0.3) is 0 Å². The van der Waals surface area contributed by atoms with Crippen molar-refractivity contribution in [1.29, 1.82) is 0 Å². The van der Waals surface area contributed by atoms with E-state index in [1.807, 2.05) is 0 Å². The largest absolute Gasteiger partial charge is 0.386 e. The molecule has 0 aliphatic heterocycles. The molecule has 1 unspecified atom stereocenters. The van der Waals surface area contributed by atoms with Crippen molar-refractivity contribution in [2.75, 3.05) is 6.54 Å². The Labute approximate surface area is 140 Å². The predicted molar refractivity (Wildman–Crippen MR) is 89.4 cm³/mol. The van der Waals surface area contributed by atoms with E-state index in [-0.39, 0.29) is 17.2 Å². The highest BCUT2D eigenvalue weighted by molar-refractivity contribution is 5.61. The monoisotopic (exact) mass is 332 g/mol. The lowest BCUT2D eigenvalue weighted by Crippen LogP contribution is -2.22. The van der Waals surface area contributed by atoms with Crippen LogP contribution in [0.2, 0.25) is 0 Å². The van der Waals surface area contributed by atoms with Crippen LogP contribution in [0, 0.1) is 17.6 Å². The highest BCUT2D eigenvalue weighted by Crippen LogP contribution is 2.43. The van der Waals surface area contributed by atoms with Gasteiger partial charge in [-0.25, -0.2) is 13.8 Å². The smallest absolute Gasteiger partial charge is 0.155 e. The molecule has 0 spiro atoms. The van der Waals surface area contributed by atoms with Gasteiger partial charge in [0.2, 0.25) is 0 Å². The molecule has 24 heavy (non-hydrogen) atoms. The first-order valence-corrected chi connectivity index (χ1v) is 8.20. The normalized spacial score (nSPS) is 16.2. The van der Waals surface area contributed by atoms with E-state index >= 15 is 0 Å². The Morgan fingerprint density at radius 3 is 2.38 bits per heavy atom. The maximum atomic E-state index is 15.0. The summed E-state index contributed by atoms with van der Waals surface area (Å²) < 4.78 is 28.1. The Morgan fingerprint density at radius 1 is 1.25 bits per heavy atom. The number of nitrogens with zero attached hydrogens (tertiary/aromatic N) is 1. The van der Waals surface area contributed by atoms with Crippen LogP contribution in [-0.4, -0.2) is 16.6 Å². The van der Waals surface area contributed by atoms with Gasteiger partial charge in [-0.15, -0.1) is 0 Å². The van der Waals surface area contributed by atoms with E-state index in [1.165, 1.54) is 38.1 Å². The van der Waals surface area contributed by atoms with Gasteiger partial charge in [0.05, 0.1) is 5.60 Å². The van der Waals surface area contributed by atoms with Crippen molar-refractivity contribution < 1.29 is 13.9 Å². The minimum Gasteiger partial charge on any atom is -0.386 e. The molecular weight excluding hydrogens is 310 g/mol. The third-order valence-corrected chi connectivity index (χ3v) is 4.58. The fraction of sp³-hybridized carbons (Fsp3) is 0.421. The molecule has 1 saturated carbocycles. The van der Waals surface area contributed by atoms with Gasteiger partial charge in [-0.1, -0.05) is 0 Å². The van der Waals surface area contributed by atoms with Crippen LogP contribution in [0.15, 0.2) is 30.3 Å². The van der Waals surface area contributed by atoms with Gasteiger partial charge in [-0.05, 0) is 62.9 Å². The predicted octanol–water partition coefficient (Wildman–Crippen LogP) is 3.71. The van der Waals surface area contributed by atoms with Crippen LogP contribution in [0.1, 0.15) is 43.9 Å². The van der Waals surface area contributed by atoms with Crippen LogP contribution < -0.4 is 5.73 Å². The molecule has 0 bridgehead atoms. The number of aromatic nitrogens is 1. The lowest BCUT2D eigenvalue weighted by molar-refractivity contribution is 0.0743. The number of rotatable bonds is 5. The van der Waals surface area contributed by atoms with E-state index < -0.39 is 17.2 Å². The summed E-state index contributed by atoms with van der Waals surface area (Å²) in [4.78, 5) is 4.49. The van der Waals surface area contributed by atoms with Gasteiger partial charge in [0.1, 0.15) is 11.5 Å². The van der Waals surface area contributed by atoms with Crippen LogP contribution in [0.5, 0.6) is 0 Å². The second kappa shape index (κ2) is 6.22. The molecule has 3 rings (SSSR count). The molecule has 128 valence electrons. The minimum absolute atomic E-state index is 0.0471. The molecule has 0 radical (unpaired) electrons. The van der Waals surface area contributed by atoms with E-state index in [9.17, 15) is 13.9 Å². The Morgan fingerprint density at radius 2 is 1.88 bits per heavy atom. The lowest BCUT2D eigenvalue weighted by atomic mass is 9.91. The van der Waals surface area contributed by atoms with E-state index in [0.717, 1.165) is 12.8 Å². The fourth-order valence-electron chi connectivity index (χ4n) is 3.04. The molecule has 1 atom stereocenters. The summed E-state index contributed by atoms with van der Waals surface area (Å²) >= 11 is 0. The molecule has 1 aliphatic carbocycles. The summed E-state index contributed by atoms with van der Waals surface area (Å²) in [5.41, 5.74) is 6.04. The molecule has 1 aromatic heterocycles. The summed E-state index contributed by atoms with van der Waals surface area (Å²) in [5, 5.41) is 10.4. The second-order valence-electron chi connectivity index (χ2n) is 7.00. The first-order chi connectivity index (χ1) is 11.3. The fourth-order valence-corrected chi connectivity index (χ4v) is 3.04. The number of hydrogen-bond acceptors (Lipinski definition) is 3. The number of aliphatic hydroxyl groups is 1. The summed E-state index contributed by atoms with van der Waals surface area (Å²) in [7, 11) is 0. The molecule has 1 aliphatic rings. The van der Waals surface area contributed by atoms with Crippen LogP contribution >= 0.6 is 0 Å². The summed E-state index contributed by atoms with van der Waals surface area (Å²) in [6, 6.07) is 7.15. The zero-order valence-electron chi connectivity index (χ0n) is 13.9. The van der Waals surface area contributed by atoms with Crippen LogP contribution in [-0.2, 0) is 5.60 Å². The third kappa shape index (κ3) is 3.32. The molecule has 1 fully saturated rings. The third-order valence-electron chi connectivity index (χ3n) is 4.58. The topological polar surface area (TPSA) is 59.1 Å². The van der Waals surface area contributed by atoms with Crippen molar-refractivity contribution in [3.8, 4) is 11.3 Å².